The standard InChI is InChI=1S/C17H21NO3/c1-18(2)17(19,13-8-6-5-7-9-13)15-11-10-14(20-3)12-16(15)21-4/h5-12,19H,1-4H3. The van der Waals surface area contributed by atoms with Gasteiger partial charge in [0.1, 0.15) is 11.5 Å². The Bertz CT molecular complexity index is 598. The Balaban J connectivity index is 2.64. The highest BCUT2D eigenvalue weighted by atomic mass is 16.5. The fraction of sp³-hybridized carbons (Fsp3) is 0.294. The van der Waals surface area contributed by atoms with Crippen molar-refractivity contribution in [1.29, 1.82) is 0 Å². The average Bonchev–Trinajstić information content (AvgIpc) is 2.54. The van der Waals surface area contributed by atoms with Crippen molar-refractivity contribution < 1.29 is 14.6 Å². The maximum absolute atomic E-state index is 11.3. The van der Waals surface area contributed by atoms with Crippen LogP contribution in [0.2, 0.25) is 0 Å². The van der Waals surface area contributed by atoms with E-state index in [1.54, 1.807) is 25.2 Å². The van der Waals surface area contributed by atoms with Gasteiger partial charge in [-0.1, -0.05) is 30.3 Å². The van der Waals surface area contributed by atoms with Crippen LogP contribution in [0.1, 0.15) is 11.1 Å². The number of aliphatic hydroxyl groups is 1. The largest absolute Gasteiger partial charge is 0.497 e. The van der Waals surface area contributed by atoms with Crippen LogP contribution in [0.15, 0.2) is 48.5 Å². The number of benzene rings is 2. The lowest BCUT2D eigenvalue weighted by Gasteiger charge is -2.36. The first kappa shape index (κ1) is 15.4. The molecular formula is C17H21NO3. The van der Waals surface area contributed by atoms with Gasteiger partial charge in [0.25, 0.3) is 0 Å². The summed E-state index contributed by atoms with van der Waals surface area (Å²) >= 11 is 0. The lowest BCUT2D eigenvalue weighted by Crippen LogP contribution is -2.42. The molecule has 2 aromatic carbocycles. The first-order valence-electron chi connectivity index (χ1n) is 6.72. The zero-order valence-corrected chi connectivity index (χ0v) is 12.8. The number of hydrogen-bond acceptors (Lipinski definition) is 4. The Morgan fingerprint density at radius 2 is 1.62 bits per heavy atom. The molecule has 0 aromatic heterocycles. The Labute approximate surface area is 125 Å². The first-order valence-corrected chi connectivity index (χ1v) is 6.72. The Hall–Kier alpha value is -2.04. The zero-order chi connectivity index (χ0) is 15.5. The van der Waals surface area contributed by atoms with Crippen LogP contribution < -0.4 is 9.47 Å². The minimum Gasteiger partial charge on any atom is -0.497 e. The number of methoxy groups -OCH3 is 2. The lowest BCUT2D eigenvalue weighted by atomic mass is 9.92. The van der Waals surface area contributed by atoms with Gasteiger partial charge in [-0.3, -0.25) is 4.90 Å². The predicted molar refractivity (Wildman–Crippen MR) is 82.7 cm³/mol. The molecule has 1 N–H and O–H groups in total. The van der Waals surface area contributed by atoms with E-state index >= 15 is 0 Å². The molecule has 1 unspecified atom stereocenters. The van der Waals surface area contributed by atoms with Gasteiger partial charge in [-0.25, -0.2) is 0 Å². The monoisotopic (exact) mass is 287 g/mol. The minimum absolute atomic E-state index is 0.578. The molecule has 0 aliphatic heterocycles. The summed E-state index contributed by atoms with van der Waals surface area (Å²) < 4.78 is 10.7. The van der Waals surface area contributed by atoms with E-state index in [1.807, 2.05) is 56.6 Å². The summed E-state index contributed by atoms with van der Waals surface area (Å²) in [6.45, 7) is 0. The topological polar surface area (TPSA) is 41.9 Å². The highest BCUT2D eigenvalue weighted by molar-refractivity contribution is 5.48. The molecular weight excluding hydrogens is 266 g/mol. The van der Waals surface area contributed by atoms with Crippen molar-refractivity contribution in [3.05, 3.63) is 59.7 Å². The fourth-order valence-corrected chi connectivity index (χ4v) is 2.41. The van der Waals surface area contributed by atoms with Crippen molar-refractivity contribution in [1.82, 2.24) is 4.90 Å². The van der Waals surface area contributed by atoms with Gasteiger partial charge in [-0.05, 0) is 26.2 Å². The van der Waals surface area contributed by atoms with Crippen molar-refractivity contribution in [2.24, 2.45) is 0 Å². The van der Waals surface area contributed by atoms with Crippen LogP contribution in [-0.4, -0.2) is 38.3 Å². The summed E-state index contributed by atoms with van der Waals surface area (Å²) in [4.78, 5) is 1.76. The van der Waals surface area contributed by atoms with Crippen molar-refractivity contribution in [2.45, 2.75) is 5.72 Å². The first-order chi connectivity index (χ1) is 10.0. The van der Waals surface area contributed by atoms with Gasteiger partial charge in [-0.2, -0.15) is 0 Å². The summed E-state index contributed by atoms with van der Waals surface area (Å²) in [7, 11) is 6.84. The number of rotatable bonds is 5. The van der Waals surface area contributed by atoms with E-state index < -0.39 is 5.72 Å². The van der Waals surface area contributed by atoms with Crippen LogP contribution in [-0.2, 0) is 5.72 Å². The second-order valence-electron chi connectivity index (χ2n) is 5.00. The molecule has 0 aliphatic rings. The van der Waals surface area contributed by atoms with Crippen LogP contribution in [0.5, 0.6) is 11.5 Å². The summed E-state index contributed by atoms with van der Waals surface area (Å²) in [6.07, 6.45) is 0. The molecule has 0 saturated carbocycles. The summed E-state index contributed by atoms with van der Waals surface area (Å²) in [5, 5.41) is 11.3. The van der Waals surface area contributed by atoms with Gasteiger partial charge in [-0.15, -0.1) is 0 Å². The van der Waals surface area contributed by atoms with Crippen LogP contribution in [0.3, 0.4) is 0 Å². The SMILES string of the molecule is COc1ccc(C(O)(c2ccccc2)N(C)C)c(OC)c1. The number of hydrogen-bond donors (Lipinski definition) is 1. The van der Waals surface area contributed by atoms with Crippen molar-refractivity contribution >= 4 is 0 Å². The van der Waals surface area contributed by atoms with Gasteiger partial charge in [0.2, 0.25) is 0 Å². The van der Waals surface area contributed by atoms with E-state index in [2.05, 4.69) is 0 Å². The third-order valence-corrected chi connectivity index (χ3v) is 3.61. The van der Waals surface area contributed by atoms with E-state index in [0.717, 1.165) is 5.56 Å². The van der Waals surface area contributed by atoms with Crippen LogP contribution >= 0.6 is 0 Å². The van der Waals surface area contributed by atoms with Crippen LogP contribution in [0.4, 0.5) is 0 Å². The van der Waals surface area contributed by atoms with Gasteiger partial charge in [0.05, 0.1) is 14.2 Å². The van der Waals surface area contributed by atoms with Crippen molar-refractivity contribution in [3.8, 4) is 11.5 Å². The van der Waals surface area contributed by atoms with Gasteiger partial charge in [0.15, 0.2) is 5.72 Å². The normalized spacial score (nSPS) is 13.8. The molecule has 112 valence electrons. The molecule has 0 bridgehead atoms. The van der Waals surface area contributed by atoms with Gasteiger partial charge >= 0.3 is 0 Å². The summed E-state index contributed by atoms with van der Waals surface area (Å²) in [5.74, 6) is 1.26. The molecule has 4 heteroatoms. The van der Waals surface area contributed by atoms with E-state index in [1.165, 1.54) is 0 Å². The third kappa shape index (κ3) is 2.73. The molecule has 2 aromatic rings. The molecule has 0 spiro atoms. The molecule has 0 fully saturated rings. The van der Waals surface area contributed by atoms with Crippen LogP contribution in [0, 0.1) is 0 Å². The average molecular weight is 287 g/mol. The maximum Gasteiger partial charge on any atom is 0.174 e. The molecule has 0 heterocycles. The number of nitrogens with zero attached hydrogens (tertiary/aromatic N) is 1. The third-order valence-electron chi connectivity index (χ3n) is 3.61. The van der Waals surface area contributed by atoms with E-state index in [9.17, 15) is 5.11 Å². The predicted octanol–water partition coefficient (Wildman–Crippen LogP) is 2.46. The van der Waals surface area contributed by atoms with E-state index in [-0.39, 0.29) is 0 Å². The second-order valence-corrected chi connectivity index (χ2v) is 5.00. The van der Waals surface area contributed by atoms with Gasteiger partial charge in [0, 0.05) is 17.2 Å². The molecule has 0 aliphatic carbocycles. The van der Waals surface area contributed by atoms with Crippen molar-refractivity contribution in [2.75, 3.05) is 28.3 Å². The molecule has 0 radical (unpaired) electrons. The van der Waals surface area contributed by atoms with Gasteiger partial charge < -0.3 is 14.6 Å². The Morgan fingerprint density at radius 3 is 2.14 bits per heavy atom. The van der Waals surface area contributed by atoms with E-state index in [4.69, 9.17) is 9.47 Å². The Morgan fingerprint density at radius 1 is 0.952 bits per heavy atom. The minimum atomic E-state index is -1.28. The zero-order valence-electron chi connectivity index (χ0n) is 12.8. The molecule has 0 saturated heterocycles. The van der Waals surface area contributed by atoms with Crippen LogP contribution in [0.25, 0.3) is 0 Å². The maximum atomic E-state index is 11.3. The molecule has 0 amide bonds. The molecule has 21 heavy (non-hydrogen) atoms. The lowest BCUT2D eigenvalue weighted by molar-refractivity contribution is -0.0523. The fourth-order valence-electron chi connectivity index (χ4n) is 2.41. The highest BCUT2D eigenvalue weighted by Gasteiger charge is 2.36. The Kier molecular flexibility index (Phi) is 4.50. The molecule has 1 atom stereocenters. The van der Waals surface area contributed by atoms with Crippen molar-refractivity contribution in [3.63, 3.8) is 0 Å². The number of ether oxygens (including phenoxy) is 2. The molecule has 4 nitrogen and oxygen atoms in total. The highest BCUT2D eigenvalue weighted by Crippen LogP contribution is 2.38. The quantitative estimate of drug-likeness (QED) is 0.858. The summed E-state index contributed by atoms with van der Waals surface area (Å²) in [6, 6.07) is 14.9. The molecule has 2 rings (SSSR count). The summed E-state index contributed by atoms with van der Waals surface area (Å²) in [5.41, 5.74) is 0.166. The second kappa shape index (κ2) is 6.16. The smallest absolute Gasteiger partial charge is 0.174 e. The van der Waals surface area contributed by atoms with E-state index in [0.29, 0.717) is 17.1 Å².